The van der Waals surface area contributed by atoms with Crippen LogP contribution in [0.1, 0.15) is 44.4 Å². The van der Waals surface area contributed by atoms with Crippen LogP contribution in [0.4, 0.5) is 5.69 Å². The van der Waals surface area contributed by atoms with Crippen LogP contribution in [0.15, 0.2) is 72.8 Å². The number of hydrogen-bond donors (Lipinski definition) is 1. The first-order chi connectivity index (χ1) is 20.4. The van der Waals surface area contributed by atoms with E-state index in [2.05, 4.69) is 5.32 Å². The molecule has 10 heteroatoms. The Bertz CT molecular complexity index is 1540. The summed E-state index contributed by atoms with van der Waals surface area (Å²) >= 11 is 0. The Balaban J connectivity index is 1.77. The Morgan fingerprint density at radius 2 is 1.58 bits per heavy atom. The van der Waals surface area contributed by atoms with E-state index >= 15 is 0 Å². The zero-order valence-corrected chi connectivity index (χ0v) is 26.3. The van der Waals surface area contributed by atoms with Gasteiger partial charge in [-0.1, -0.05) is 54.6 Å². The summed E-state index contributed by atoms with van der Waals surface area (Å²) in [6.45, 7) is 9.50. The summed E-state index contributed by atoms with van der Waals surface area (Å²) in [6.07, 6.45) is 0.255. The van der Waals surface area contributed by atoms with E-state index in [0.29, 0.717) is 24.7 Å². The first-order valence-corrected chi connectivity index (χ1v) is 16.1. The molecule has 3 aromatic carbocycles. The number of rotatable bonds is 11. The molecule has 0 aliphatic carbocycles. The van der Waals surface area contributed by atoms with E-state index in [1.165, 1.54) is 11.8 Å². The maximum Gasteiger partial charge on any atom is 0.244 e. The molecule has 1 heterocycles. The fraction of sp³-hybridized carbons (Fsp3) is 0.394. The van der Waals surface area contributed by atoms with Crippen LogP contribution in [0.3, 0.4) is 0 Å². The molecule has 0 aromatic heterocycles. The van der Waals surface area contributed by atoms with Gasteiger partial charge in [0.05, 0.1) is 11.4 Å². The van der Waals surface area contributed by atoms with E-state index in [1.807, 2.05) is 82.3 Å². The molecule has 0 radical (unpaired) electrons. The first-order valence-electron chi connectivity index (χ1n) is 14.5. The number of hydrogen-bond acceptors (Lipinski definition) is 6. The number of sulfonamides is 1. The zero-order valence-electron chi connectivity index (χ0n) is 25.5. The van der Waals surface area contributed by atoms with Gasteiger partial charge in [-0.25, -0.2) is 8.42 Å². The third kappa shape index (κ3) is 8.28. The van der Waals surface area contributed by atoms with Crippen LogP contribution in [0.5, 0.6) is 11.5 Å². The molecule has 0 saturated carbocycles. The molecule has 1 atom stereocenters. The van der Waals surface area contributed by atoms with Crippen molar-refractivity contribution in [2.75, 3.05) is 29.8 Å². The second-order valence-electron chi connectivity index (χ2n) is 11.6. The van der Waals surface area contributed by atoms with Crippen molar-refractivity contribution in [2.24, 2.45) is 0 Å². The smallest absolute Gasteiger partial charge is 0.244 e. The molecule has 4 rings (SSSR count). The van der Waals surface area contributed by atoms with Gasteiger partial charge in [-0.3, -0.25) is 13.9 Å². The number of benzene rings is 3. The van der Waals surface area contributed by atoms with Crippen molar-refractivity contribution >= 4 is 27.5 Å². The van der Waals surface area contributed by atoms with E-state index in [4.69, 9.17) is 9.47 Å². The highest BCUT2D eigenvalue weighted by molar-refractivity contribution is 7.92. The van der Waals surface area contributed by atoms with E-state index in [-0.39, 0.29) is 30.3 Å². The summed E-state index contributed by atoms with van der Waals surface area (Å²) in [6, 6.07) is 21.1. The number of fused-ring (bicyclic) bond motifs is 1. The van der Waals surface area contributed by atoms with Crippen molar-refractivity contribution in [3.05, 3.63) is 89.5 Å². The van der Waals surface area contributed by atoms with Crippen LogP contribution < -0.4 is 19.1 Å². The van der Waals surface area contributed by atoms with Gasteiger partial charge in [0.25, 0.3) is 0 Å². The molecule has 0 saturated heterocycles. The lowest BCUT2D eigenvalue weighted by Crippen LogP contribution is -2.56. The van der Waals surface area contributed by atoms with Gasteiger partial charge in [-0.2, -0.15) is 0 Å². The minimum Gasteiger partial charge on any atom is -0.486 e. The Hall–Kier alpha value is -4.05. The van der Waals surface area contributed by atoms with Crippen LogP contribution in [0.25, 0.3) is 0 Å². The second kappa shape index (κ2) is 13.5. The lowest BCUT2D eigenvalue weighted by molar-refractivity contribution is -0.140. The average molecular weight is 608 g/mol. The summed E-state index contributed by atoms with van der Waals surface area (Å²) in [7, 11) is -3.89. The van der Waals surface area contributed by atoms with Crippen LogP contribution in [0.2, 0.25) is 0 Å². The highest BCUT2D eigenvalue weighted by Gasteiger charge is 2.35. The molecule has 1 aliphatic rings. The van der Waals surface area contributed by atoms with Crippen LogP contribution in [-0.4, -0.2) is 62.2 Å². The molecule has 2 amide bonds. The molecular formula is C33H41N3O6S. The molecule has 43 heavy (non-hydrogen) atoms. The fourth-order valence-corrected chi connectivity index (χ4v) is 5.94. The van der Waals surface area contributed by atoms with Crippen LogP contribution in [0, 0.1) is 6.92 Å². The van der Waals surface area contributed by atoms with E-state index < -0.39 is 34.1 Å². The highest BCUT2D eigenvalue weighted by atomic mass is 32.2. The zero-order chi connectivity index (χ0) is 31.2. The van der Waals surface area contributed by atoms with Gasteiger partial charge < -0.3 is 19.7 Å². The largest absolute Gasteiger partial charge is 0.486 e. The first kappa shape index (κ1) is 31.9. The highest BCUT2D eigenvalue weighted by Crippen LogP contribution is 2.35. The summed E-state index contributed by atoms with van der Waals surface area (Å²) in [4.78, 5) is 29.8. The van der Waals surface area contributed by atoms with E-state index in [0.717, 1.165) is 21.0 Å². The van der Waals surface area contributed by atoms with Crippen molar-refractivity contribution in [2.45, 2.75) is 59.2 Å². The van der Waals surface area contributed by atoms with Gasteiger partial charge in [0.15, 0.2) is 11.5 Å². The number of aryl methyl sites for hydroxylation is 1. The molecular weight excluding hydrogens is 566 g/mol. The Kier molecular flexibility index (Phi) is 10.0. The predicted octanol–water partition coefficient (Wildman–Crippen LogP) is 4.48. The van der Waals surface area contributed by atoms with Crippen LogP contribution >= 0.6 is 0 Å². The van der Waals surface area contributed by atoms with Gasteiger partial charge in [-0.05, 0) is 63.4 Å². The maximum atomic E-state index is 14.4. The Morgan fingerprint density at radius 1 is 0.930 bits per heavy atom. The Morgan fingerprint density at radius 3 is 2.23 bits per heavy atom. The average Bonchev–Trinajstić information content (AvgIpc) is 2.97. The Labute approximate surface area is 254 Å². The quantitative estimate of drug-likeness (QED) is 0.345. The van der Waals surface area contributed by atoms with Crippen molar-refractivity contribution in [3.63, 3.8) is 0 Å². The van der Waals surface area contributed by atoms with Crippen molar-refractivity contribution in [1.29, 1.82) is 0 Å². The molecule has 0 unspecified atom stereocenters. The monoisotopic (exact) mass is 607 g/mol. The summed E-state index contributed by atoms with van der Waals surface area (Å²) in [5, 5.41) is 3.04. The number of ether oxygens (including phenoxy) is 2. The summed E-state index contributed by atoms with van der Waals surface area (Å²) in [5.41, 5.74) is 2.44. The number of nitrogens with one attached hydrogen (secondary N) is 1. The van der Waals surface area contributed by atoms with E-state index in [9.17, 15) is 18.0 Å². The van der Waals surface area contributed by atoms with Gasteiger partial charge in [-0.15, -0.1) is 0 Å². The number of nitrogens with zero attached hydrogens (tertiary/aromatic N) is 2. The molecule has 3 aromatic rings. The third-order valence-corrected chi connectivity index (χ3v) is 8.91. The minimum absolute atomic E-state index is 0.127. The lowest BCUT2D eigenvalue weighted by Gasteiger charge is -2.35. The fourth-order valence-electron chi connectivity index (χ4n) is 4.88. The van der Waals surface area contributed by atoms with Crippen molar-refractivity contribution in [3.8, 4) is 11.5 Å². The van der Waals surface area contributed by atoms with E-state index in [1.54, 1.807) is 18.2 Å². The summed E-state index contributed by atoms with van der Waals surface area (Å²) in [5.74, 6) is -0.110. The lowest BCUT2D eigenvalue weighted by atomic mass is 10.00. The molecule has 0 spiro atoms. The molecule has 0 bridgehead atoms. The molecule has 1 aliphatic heterocycles. The standard InChI is InChI=1S/C33H41N3O6S/c1-6-43(39,40)36(27-16-17-29-30(21-27)42-19-18-41-29)23-31(37)35(22-26-15-11-10-12-24(26)2)28(32(38)34-33(3,4)5)20-25-13-8-7-9-14-25/h7-17,21,28H,6,18-20,22-23H2,1-5H3,(H,34,38)/t28-/m1/s1. The summed E-state index contributed by atoms with van der Waals surface area (Å²) < 4.78 is 39.2. The van der Waals surface area contributed by atoms with Crippen molar-refractivity contribution < 1.29 is 27.5 Å². The predicted molar refractivity (Wildman–Crippen MR) is 168 cm³/mol. The maximum absolute atomic E-state index is 14.4. The molecule has 1 N–H and O–H groups in total. The minimum atomic E-state index is -3.89. The third-order valence-electron chi connectivity index (χ3n) is 7.16. The van der Waals surface area contributed by atoms with Gasteiger partial charge >= 0.3 is 0 Å². The number of anilines is 1. The van der Waals surface area contributed by atoms with Gasteiger partial charge in [0.2, 0.25) is 21.8 Å². The van der Waals surface area contributed by atoms with Gasteiger partial charge in [0.1, 0.15) is 25.8 Å². The van der Waals surface area contributed by atoms with Crippen LogP contribution in [-0.2, 0) is 32.6 Å². The molecule has 0 fully saturated rings. The van der Waals surface area contributed by atoms with Gasteiger partial charge in [0, 0.05) is 24.6 Å². The molecule has 230 valence electrons. The number of carbonyl (C=O) groups excluding carboxylic acids is 2. The molecule has 9 nitrogen and oxygen atoms in total. The SMILES string of the molecule is CCS(=O)(=O)N(CC(=O)N(Cc1ccccc1C)[C@H](Cc1ccccc1)C(=O)NC(C)(C)C)c1ccc2c(c1)OCCO2. The van der Waals surface area contributed by atoms with Crippen molar-refractivity contribution in [1.82, 2.24) is 10.2 Å². The topological polar surface area (TPSA) is 105 Å². The normalized spacial score (nSPS) is 13.6. The second-order valence-corrected chi connectivity index (χ2v) is 13.8. The number of carbonyl (C=O) groups is 2. The number of amides is 2.